The van der Waals surface area contributed by atoms with E-state index in [0.717, 1.165) is 33.1 Å². The molecule has 0 bridgehead atoms. The number of nitrogens with two attached hydrogens (primary N) is 1. The van der Waals surface area contributed by atoms with Gasteiger partial charge in [-0.25, -0.2) is 15.0 Å². The molecule has 5 rings (SSSR count). The zero-order valence-electron chi connectivity index (χ0n) is 16.6. The SMILES string of the molecule is Cn1cc(Nc2nccc(-c3ccc4c(c3)COCC4c3ncc(C(N)=O)s3)n2)cn1. The van der Waals surface area contributed by atoms with E-state index in [9.17, 15) is 4.79 Å². The molecule has 0 spiro atoms. The minimum Gasteiger partial charge on any atom is -0.376 e. The van der Waals surface area contributed by atoms with Crippen molar-refractivity contribution in [2.24, 2.45) is 12.8 Å². The number of hydrogen-bond acceptors (Lipinski definition) is 8. The number of hydrogen-bond donors (Lipinski definition) is 2. The molecule has 0 saturated carbocycles. The second kappa shape index (κ2) is 7.89. The second-order valence-electron chi connectivity index (χ2n) is 7.20. The summed E-state index contributed by atoms with van der Waals surface area (Å²) in [5, 5.41) is 8.13. The molecule has 1 aliphatic rings. The van der Waals surface area contributed by atoms with Crippen molar-refractivity contribution in [2.75, 3.05) is 11.9 Å². The number of nitrogens with one attached hydrogen (secondary N) is 1. The highest BCUT2D eigenvalue weighted by molar-refractivity contribution is 7.13. The first-order chi connectivity index (χ1) is 15.1. The summed E-state index contributed by atoms with van der Waals surface area (Å²) in [7, 11) is 1.85. The zero-order chi connectivity index (χ0) is 21.4. The Morgan fingerprint density at radius 1 is 1.29 bits per heavy atom. The number of aryl methyl sites for hydroxylation is 1. The number of ether oxygens (including phenoxy) is 1. The van der Waals surface area contributed by atoms with Crippen LogP contribution in [-0.2, 0) is 18.4 Å². The van der Waals surface area contributed by atoms with Crippen LogP contribution in [0.15, 0.2) is 49.1 Å². The first kappa shape index (κ1) is 19.3. The first-order valence-corrected chi connectivity index (χ1v) is 10.4. The highest BCUT2D eigenvalue weighted by atomic mass is 32.1. The van der Waals surface area contributed by atoms with Crippen LogP contribution >= 0.6 is 11.3 Å². The number of carbonyl (C=O) groups excluding carboxylic acids is 1. The summed E-state index contributed by atoms with van der Waals surface area (Å²) in [4.78, 5) is 25.2. The molecular formula is C21H19N7O2S. The number of amides is 1. The highest BCUT2D eigenvalue weighted by Gasteiger charge is 2.26. The fraction of sp³-hybridized carbons (Fsp3) is 0.190. The Hall–Kier alpha value is -3.63. The van der Waals surface area contributed by atoms with Gasteiger partial charge >= 0.3 is 0 Å². The van der Waals surface area contributed by atoms with E-state index in [0.29, 0.717) is 24.0 Å². The van der Waals surface area contributed by atoms with Gasteiger partial charge in [-0.3, -0.25) is 9.48 Å². The van der Waals surface area contributed by atoms with Gasteiger partial charge in [0.05, 0.1) is 42.9 Å². The summed E-state index contributed by atoms with van der Waals surface area (Å²) < 4.78 is 7.53. The van der Waals surface area contributed by atoms with Crippen LogP contribution in [0, 0.1) is 0 Å². The van der Waals surface area contributed by atoms with Gasteiger partial charge in [-0.15, -0.1) is 11.3 Å². The third kappa shape index (κ3) is 3.90. The minimum absolute atomic E-state index is 0.0240. The lowest BCUT2D eigenvalue weighted by Gasteiger charge is -2.25. The standard InChI is InChI=1S/C21H19N7O2S/c1-28-9-14(7-25-28)26-21-23-5-4-17(27-21)12-2-3-15-13(6-12)10-30-11-16(15)20-24-8-18(31-20)19(22)29/h2-9,16H,10-11H2,1H3,(H2,22,29)(H,23,26,27). The Morgan fingerprint density at radius 2 is 2.19 bits per heavy atom. The average molecular weight is 433 g/mol. The van der Waals surface area contributed by atoms with Gasteiger partial charge in [0.15, 0.2) is 0 Å². The summed E-state index contributed by atoms with van der Waals surface area (Å²) in [6, 6.07) is 8.08. The van der Waals surface area contributed by atoms with Crippen molar-refractivity contribution < 1.29 is 9.53 Å². The molecule has 0 saturated heterocycles. The number of anilines is 2. The van der Waals surface area contributed by atoms with E-state index in [2.05, 4.69) is 37.5 Å². The van der Waals surface area contributed by atoms with Crippen molar-refractivity contribution in [3.05, 3.63) is 70.1 Å². The van der Waals surface area contributed by atoms with E-state index < -0.39 is 5.91 Å². The Morgan fingerprint density at radius 3 is 2.97 bits per heavy atom. The number of thiazole rings is 1. The zero-order valence-corrected chi connectivity index (χ0v) is 17.5. The molecule has 1 aromatic carbocycles. The number of rotatable bonds is 5. The quantitative estimate of drug-likeness (QED) is 0.496. The molecular weight excluding hydrogens is 414 g/mol. The van der Waals surface area contributed by atoms with E-state index in [4.69, 9.17) is 10.5 Å². The molecule has 1 atom stereocenters. The minimum atomic E-state index is -0.462. The van der Waals surface area contributed by atoms with E-state index in [-0.39, 0.29) is 5.92 Å². The van der Waals surface area contributed by atoms with Crippen LogP contribution in [-0.4, -0.2) is 37.2 Å². The van der Waals surface area contributed by atoms with E-state index in [1.54, 1.807) is 17.1 Å². The van der Waals surface area contributed by atoms with Crippen LogP contribution in [0.4, 0.5) is 11.6 Å². The number of benzene rings is 1. The summed E-state index contributed by atoms with van der Waals surface area (Å²) in [6.07, 6.45) is 6.83. The van der Waals surface area contributed by atoms with Crippen LogP contribution in [0.1, 0.15) is 31.7 Å². The lowest BCUT2D eigenvalue weighted by Crippen LogP contribution is -2.17. The second-order valence-corrected chi connectivity index (χ2v) is 8.26. The Bertz CT molecular complexity index is 1270. The van der Waals surface area contributed by atoms with Gasteiger partial charge in [-0.2, -0.15) is 5.10 Å². The molecule has 1 amide bonds. The van der Waals surface area contributed by atoms with Crippen molar-refractivity contribution in [2.45, 2.75) is 12.5 Å². The third-order valence-electron chi connectivity index (χ3n) is 5.04. The molecule has 9 nitrogen and oxygen atoms in total. The number of primary amides is 1. The molecule has 3 N–H and O–H groups in total. The van der Waals surface area contributed by atoms with E-state index >= 15 is 0 Å². The third-order valence-corrected chi connectivity index (χ3v) is 6.16. The average Bonchev–Trinajstić information content (AvgIpc) is 3.42. The van der Waals surface area contributed by atoms with Gasteiger partial charge in [0.25, 0.3) is 5.91 Å². The first-order valence-electron chi connectivity index (χ1n) is 9.62. The normalized spacial score (nSPS) is 15.5. The summed E-state index contributed by atoms with van der Waals surface area (Å²) in [5.74, 6) is 0.0127. The number of nitrogens with zero attached hydrogens (tertiary/aromatic N) is 5. The number of fused-ring (bicyclic) bond motifs is 1. The summed E-state index contributed by atoms with van der Waals surface area (Å²) >= 11 is 1.31. The molecule has 0 aliphatic carbocycles. The maximum atomic E-state index is 11.4. The van der Waals surface area contributed by atoms with Gasteiger partial charge in [-0.1, -0.05) is 12.1 Å². The van der Waals surface area contributed by atoms with Crippen molar-refractivity contribution >= 4 is 28.9 Å². The lowest BCUT2D eigenvalue weighted by atomic mass is 9.91. The Labute approximate surface area is 181 Å². The maximum Gasteiger partial charge on any atom is 0.260 e. The van der Waals surface area contributed by atoms with Crippen LogP contribution < -0.4 is 11.1 Å². The molecule has 1 unspecified atom stereocenters. The smallest absolute Gasteiger partial charge is 0.260 e. The largest absolute Gasteiger partial charge is 0.376 e. The molecule has 3 aromatic heterocycles. The molecule has 4 aromatic rings. The van der Waals surface area contributed by atoms with Crippen molar-refractivity contribution in [1.29, 1.82) is 0 Å². The molecule has 0 fully saturated rings. The molecule has 0 radical (unpaired) electrons. The van der Waals surface area contributed by atoms with Crippen LogP contribution in [0.25, 0.3) is 11.3 Å². The van der Waals surface area contributed by atoms with Gasteiger partial charge in [0.1, 0.15) is 9.88 Å². The Kier molecular flexibility index (Phi) is 4.92. The monoisotopic (exact) mass is 433 g/mol. The van der Waals surface area contributed by atoms with Crippen LogP contribution in [0.5, 0.6) is 0 Å². The topological polar surface area (TPSA) is 121 Å². The van der Waals surface area contributed by atoms with E-state index in [1.165, 1.54) is 17.5 Å². The highest BCUT2D eigenvalue weighted by Crippen LogP contribution is 2.36. The number of aromatic nitrogens is 5. The predicted molar refractivity (Wildman–Crippen MR) is 116 cm³/mol. The van der Waals surface area contributed by atoms with E-state index in [1.807, 2.05) is 25.4 Å². The van der Waals surface area contributed by atoms with Gasteiger partial charge in [0.2, 0.25) is 5.95 Å². The summed E-state index contributed by atoms with van der Waals surface area (Å²) in [5.41, 5.74) is 10.2. The number of carbonyl (C=O) groups is 1. The summed E-state index contributed by atoms with van der Waals surface area (Å²) in [6.45, 7) is 1.03. The molecule has 1 aliphatic heterocycles. The lowest BCUT2D eigenvalue weighted by molar-refractivity contribution is 0.0993. The van der Waals surface area contributed by atoms with Gasteiger partial charge in [-0.05, 0) is 23.3 Å². The Balaban J connectivity index is 1.43. The van der Waals surface area contributed by atoms with Crippen molar-refractivity contribution in [3.8, 4) is 11.3 Å². The maximum absolute atomic E-state index is 11.4. The van der Waals surface area contributed by atoms with Crippen LogP contribution in [0.3, 0.4) is 0 Å². The molecule has 156 valence electrons. The molecule has 4 heterocycles. The van der Waals surface area contributed by atoms with Crippen molar-refractivity contribution in [3.63, 3.8) is 0 Å². The van der Waals surface area contributed by atoms with Crippen LogP contribution in [0.2, 0.25) is 0 Å². The fourth-order valence-corrected chi connectivity index (χ4v) is 4.44. The van der Waals surface area contributed by atoms with Gasteiger partial charge in [0, 0.05) is 25.0 Å². The molecule has 31 heavy (non-hydrogen) atoms. The molecule has 10 heteroatoms. The van der Waals surface area contributed by atoms with Gasteiger partial charge < -0.3 is 15.8 Å². The fourth-order valence-electron chi connectivity index (χ4n) is 3.57. The van der Waals surface area contributed by atoms with Crippen molar-refractivity contribution in [1.82, 2.24) is 24.7 Å². The predicted octanol–water partition coefficient (Wildman–Crippen LogP) is 2.84.